The van der Waals surface area contributed by atoms with E-state index in [1.807, 2.05) is 0 Å². The maximum Gasteiger partial charge on any atom is 0.420 e. The second-order valence-corrected chi connectivity index (χ2v) is 8.68. The van der Waals surface area contributed by atoms with E-state index in [0.717, 1.165) is 29.9 Å². The van der Waals surface area contributed by atoms with Gasteiger partial charge in [0.1, 0.15) is 17.2 Å². The first-order valence-corrected chi connectivity index (χ1v) is 11.5. The number of likely N-dealkylation sites (N-methyl/N-ethyl adjacent to an activating group) is 1. The van der Waals surface area contributed by atoms with Gasteiger partial charge in [0.15, 0.2) is 17.2 Å². The van der Waals surface area contributed by atoms with Gasteiger partial charge in [0.25, 0.3) is 11.8 Å². The third kappa shape index (κ3) is 6.34. The molecular weight excluding hydrogens is 574 g/mol. The Hall–Kier alpha value is -4.41. The number of nitrogen functional groups attached to an aromatic ring is 1. The second kappa shape index (κ2) is 11.2. The molecule has 3 aromatic rings. The van der Waals surface area contributed by atoms with Crippen molar-refractivity contribution in [1.29, 1.82) is 0 Å². The average Bonchev–Trinajstić information content (AvgIpc) is 3.27. The van der Waals surface area contributed by atoms with Crippen molar-refractivity contribution in [2.24, 2.45) is 0 Å². The highest BCUT2D eigenvalue weighted by Gasteiger charge is 2.55. The summed E-state index contributed by atoms with van der Waals surface area (Å²) >= 11 is 0. The average molecular weight is 595 g/mol. The predicted molar refractivity (Wildman–Crippen MR) is 126 cm³/mol. The maximum atomic E-state index is 14.0. The minimum Gasteiger partial charge on any atom is -0.504 e. The minimum absolute atomic E-state index is 0.101. The number of aliphatic hydroxyl groups is 1. The van der Waals surface area contributed by atoms with Gasteiger partial charge in [-0.05, 0) is 43.3 Å². The molecule has 0 bridgehead atoms. The minimum atomic E-state index is -5.56. The first-order chi connectivity index (χ1) is 18.9. The van der Waals surface area contributed by atoms with Gasteiger partial charge in [-0.1, -0.05) is 0 Å². The van der Waals surface area contributed by atoms with Crippen molar-refractivity contribution in [3.63, 3.8) is 0 Å². The molecule has 41 heavy (non-hydrogen) atoms. The van der Waals surface area contributed by atoms with E-state index < -0.39 is 83.5 Å². The van der Waals surface area contributed by atoms with Crippen molar-refractivity contribution in [3.05, 3.63) is 70.9 Å². The van der Waals surface area contributed by atoms with Crippen LogP contribution in [0.5, 0.6) is 5.75 Å². The Morgan fingerprint density at radius 2 is 1.66 bits per heavy atom. The number of carbonyl (C=O) groups is 2. The molecule has 0 fully saturated rings. The second-order valence-electron chi connectivity index (χ2n) is 8.68. The molecule has 1 heterocycles. The quantitative estimate of drug-likeness (QED) is 0.294. The lowest BCUT2D eigenvalue weighted by molar-refractivity contribution is -0.260. The van der Waals surface area contributed by atoms with E-state index in [4.69, 9.17) is 5.73 Å². The van der Waals surface area contributed by atoms with Gasteiger partial charge >= 0.3 is 12.4 Å². The topological polar surface area (TPSA) is 134 Å². The molecule has 1 unspecified atom stereocenters. The zero-order valence-corrected chi connectivity index (χ0v) is 20.8. The molecular formula is C24H21F8N5O4. The van der Waals surface area contributed by atoms with Gasteiger partial charge in [0, 0.05) is 6.54 Å². The zero-order valence-electron chi connectivity index (χ0n) is 20.8. The number of benzene rings is 2. The number of aromatic nitrogens is 2. The van der Waals surface area contributed by atoms with E-state index in [1.54, 1.807) is 5.32 Å². The van der Waals surface area contributed by atoms with Gasteiger partial charge in [-0.3, -0.25) is 9.59 Å². The first kappa shape index (κ1) is 31.1. The van der Waals surface area contributed by atoms with E-state index >= 15 is 0 Å². The highest BCUT2D eigenvalue weighted by atomic mass is 19.4. The van der Waals surface area contributed by atoms with Crippen LogP contribution in [0, 0.1) is 11.6 Å². The molecule has 17 heteroatoms. The van der Waals surface area contributed by atoms with Crippen molar-refractivity contribution < 1.29 is 54.9 Å². The number of phenols is 1. The molecule has 0 aliphatic heterocycles. The molecule has 0 saturated heterocycles. The van der Waals surface area contributed by atoms with Crippen LogP contribution in [-0.2, 0) is 6.18 Å². The number of phenolic OH excluding ortho intramolecular Hbond substituents is 1. The Morgan fingerprint density at radius 3 is 2.20 bits per heavy atom. The van der Waals surface area contributed by atoms with Crippen molar-refractivity contribution in [1.82, 2.24) is 20.0 Å². The smallest absolute Gasteiger partial charge is 0.420 e. The number of nitrogens with zero attached hydrogens (tertiary/aromatic N) is 3. The molecule has 2 aromatic carbocycles. The predicted octanol–water partition coefficient (Wildman–Crippen LogP) is 3.64. The first-order valence-electron chi connectivity index (χ1n) is 11.5. The molecule has 0 aliphatic rings. The van der Waals surface area contributed by atoms with Crippen molar-refractivity contribution >= 4 is 17.6 Å². The fraction of sp³-hybridized carbons (Fsp3) is 0.292. The number of carbonyl (C=O) groups excluding carboxylic acids is 2. The number of hydrogen-bond donors (Lipinski definition) is 4. The van der Waals surface area contributed by atoms with Crippen LogP contribution in [0.4, 0.5) is 40.9 Å². The number of nitrogens with two attached hydrogens (primary N) is 1. The number of rotatable bonds is 8. The molecule has 9 nitrogen and oxygen atoms in total. The number of anilines is 1. The molecule has 3 rings (SSSR count). The van der Waals surface area contributed by atoms with E-state index in [0.29, 0.717) is 0 Å². The summed E-state index contributed by atoms with van der Waals surface area (Å²) in [5, 5.41) is 25.9. The Morgan fingerprint density at radius 1 is 1.05 bits per heavy atom. The molecule has 2 amide bonds. The summed E-state index contributed by atoms with van der Waals surface area (Å²) in [6.07, 6.45) is -9.98. The standard InChI is InChI=1S/C24H21F8N5O4/c1-2-36(21(40)17-15(23(27,28)29)7-8-16(26)18(17)38)11-22(41,24(30,31)32)10-34-20(39)14-9-35-37(19(14)33)13-5-3-12(25)4-6-13/h3-9,38,41H,2,10-11,33H2,1H3,(H,34,39). The van der Waals surface area contributed by atoms with Crippen molar-refractivity contribution in [3.8, 4) is 11.4 Å². The number of alkyl halides is 6. The fourth-order valence-electron chi connectivity index (χ4n) is 3.71. The summed E-state index contributed by atoms with van der Waals surface area (Å²) in [7, 11) is 0. The molecule has 0 radical (unpaired) electrons. The van der Waals surface area contributed by atoms with Crippen LogP contribution in [0.2, 0.25) is 0 Å². The summed E-state index contributed by atoms with van der Waals surface area (Å²) in [5.74, 6) is -7.47. The summed E-state index contributed by atoms with van der Waals surface area (Å²) in [5.41, 5.74) is -1.81. The third-order valence-electron chi connectivity index (χ3n) is 5.96. The number of aromatic hydroxyl groups is 1. The lowest BCUT2D eigenvalue weighted by Gasteiger charge is -2.35. The Kier molecular flexibility index (Phi) is 8.52. The SMILES string of the molecule is CCN(CC(O)(CNC(=O)c1cnn(-c2ccc(F)cc2)c1N)C(F)(F)F)C(=O)c1c(C(F)(F)F)ccc(F)c1O. The zero-order chi connectivity index (χ0) is 30.9. The van der Waals surface area contributed by atoms with Gasteiger partial charge in [0.2, 0.25) is 0 Å². The summed E-state index contributed by atoms with van der Waals surface area (Å²) in [4.78, 5) is 25.6. The van der Waals surface area contributed by atoms with Crippen molar-refractivity contribution in [2.75, 3.05) is 25.4 Å². The maximum absolute atomic E-state index is 14.0. The lowest BCUT2D eigenvalue weighted by atomic mass is 9.99. The van der Waals surface area contributed by atoms with Crippen molar-refractivity contribution in [2.45, 2.75) is 24.9 Å². The van der Waals surface area contributed by atoms with Crippen LogP contribution in [0.25, 0.3) is 5.69 Å². The fourth-order valence-corrected chi connectivity index (χ4v) is 3.71. The molecule has 0 aliphatic carbocycles. The van der Waals surface area contributed by atoms with Gasteiger partial charge in [0.05, 0.1) is 36.1 Å². The Bertz CT molecular complexity index is 1440. The summed E-state index contributed by atoms with van der Waals surface area (Å²) in [6.45, 7) is -3.00. The molecule has 5 N–H and O–H groups in total. The number of nitrogens with one attached hydrogen (secondary N) is 1. The monoisotopic (exact) mass is 595 g/mol. The van der Waals surface area contributed by atoms with Crippen LogP contribution in [-0.4, -0.2) is 68.1 Å². The molecule has 222 valence electrons. The van der Waals surface area contributed by atoms with Crippen LogP contribution < -0.4 is 11.1 Å². The highest BCUT2D eigenvalue weighted by molar-refractivity contribution is 5.99. The molecule has 1 aromatic heterocycles. The van der Waals surface area contributed by atoms with Crippen LogP contribution in [0.1, 0.15) is 33.2 Å². The highest BCUT2D eigenvalue weighted by Crippen LogP contribution is 2.38. The molecule has 0 saturated carbocycles. The van der Waals surface area contributed by atoms with Gasteiger partial charge in [-0.2, -0.15) is 31.4 Å². The van der Waals surface area contributed by atoms with E-state index in [1.165, 1.54) is 12.1 Å². The molecule has 1 atom stereocenters. The Labute approximate surface area is 225 Å². The van der Waals surface area contributed by atoms with Crippen LogP contribution in [0.3, 0.4) is 0 Å². The Balaban J connectivity index is 1.88. The van der Waals surface area contributed by atoms with E-state index in [-0.39, 0.29) is 28.5 Å². The lowest BCUT2D eigenvalue weighted by Crippen LogP contribution is -2.60. The molecule has 0 spiro atoms. The normalized spacial score (nSPS) is 13.5. The summed E-state index contributed by atoms with van der Waals surface area (Å²) < 4.78 is 110. The van der Waals surface area contributed by atoms with E-state index in [9.17, 15) is 54.9 Å². The van der Waals surface area contributed by atoms with E-state index in [2.05, 4.69) is 5.10 Å². The van der Waals surface area contributed by atoms with Crippen LogP contribution in [0.15, 0.2) is 42.6 Å². The third-order valence-corrected chi connectivity index (χ3v) is 5.96. The van der Waals surface area contributed by atoms with Gasteiger partial charge < -0.3 is 26.2 Å². The largest absolute Gasteiger partial charge is 0.504 e. The number of halogens is 8. The van der Waals surface area contributed by atoms with Gasteiger partial charge in [-0.25, -0.2) is 13.5 Å². The summed E-state index contributed by atoms with van der Waals surface area (Å²) in [6, 6.07) is 4.96. The number of hydrogen-bond acceptors (Lipinski definition) is 6. The number of amides is 2. The van der Waals surface area contributed by atoms with Crippen LogP contribution >= 0.6 is 0 Å². The van der Waals surface area contributed by atoms with Gasteiger partial charge in [-0.15, -0.1) is 0 Å².